The first-order valence-electron chi connectivity index (χ1n) is 5.74. The van der Waals surface area contributed by atoms with Crippen molar-refractivity contribution in [3.05, 3.63) is 29.6 Å². The van der Waals surface area contributed by atoms with E-state index in [9.17, 15) is 4.79 Å². The average molecular weight is 231 g/mol. The van der Waals surface area contributed by atoms with Crippen molar-refractivity contribution in [1.29, 1.82) is 5.26 Å². The van der Waals surface area contributed by atoms with Gasteiger partial charge < -0.3 is 5.32 Å². The van der Waals surface area contributed by atoms with Gasteiger partial charge in [-0.15, -0.1) is 0 Å². The fraction of sp³-hybridized carbons (Fsp3) is 0.462. The quantitative estimate of drug-likeness (QED) is 0.863. The Bertz CT molecular complexity index is 444. The Hall–Kier alpha value is -1.89. The number of amides is 1. The lowest BCUT2D eigenvalue weighted by atomic mass is 9.94. The summed E-state index contributed by atoms with van der Waals surface area (Å²) in [6.45, 7) is 5.60. The number of hydrogen-bond donors (Lipinski definition) is 1. The van der Waals surface area contributed by atoms with Crippen LogP contribution in [0.3, 0.4) is 0 Å². The Morgan fingerprint density at radius 3 is 2.59 bits per heavy atom. The molecule has 0 atom stereocenters. The van der Waals surface area contributed by atoms with Crippen LogP contribution in [-0.2, 0) is 0 Å². The van der Waals surface area contributed by atoms with E-state index in [1.807, 2.05) is 26.8 Å². The molecule has 0 saturated heterocycles. The number of nitrogens with one attached hydrogen (secondary N) is 1. The molecule has 1 amide bonds. The monoisotopic (exact) mass is 231 g/mol. The third-order valence-electron chi connectivity index (χ3n) is 2.89. The van der Waals surface area contributed by atoms with Gasteiger partial charge in [-0.3, -0.25) is 4.79 Å². The van der Waals surface area contributed by atoms with Crippen LogP contribution in [0.4, 0.5) is 0 Å². The van der Waals surface area contributed by atoms with Crippen LogP contribution in [0.5, 0.6) is 0 Å². The van der Waals surface area contributed by atoms with Crippen molar-refractivity contribution in [1.82, 2.24) is 10.3 Å². The molecule has 4 heteroatoms. The van der Waals surface area contributed by atoms with E-state index in [0.29, 0.717) is 18.5 Å². The summed E-state index contributed by atoms with van der Waals surface area (Å²) in [5.41, 5.74) is 0.349. The number of nitriles is 1. The third-order valence-corrected chi connectivity index (χ3v) is 2.89. The smallest absolute Gasteiger partial charge is 0.271 e. The summed E-state index contributed by atoms with van der Waals surface area (Å²) in [7, 11) is 0. The minimum atomic E-state index is -0.789. The molecule has 1 rings (SSSR count). The number of aromatic nitrogens is 1. The Morgan fingerprint density at radius 2 is 2.12 bits per heavy atom. The maximum absolute atomic E-state index is 12.0. The van der Waals surface area contributed by atoms with Crippen molar-refractivity contribution in [3.63, 3.8) is 0 Å². The lowest BCUT2D eigenvalue weighted by Gasteiger charge is -2.24. The Labute approximate surface area is 102 Å². The number of carbonyl (C=O) groups excluding carboxylic acids is 1. The average Bonchev–Trinajstić information content (AvgIpc) is 2.36. The molecule has 17 heavy (non-hydrogen) atoms. The van der Waals surface area contributed by atoms with Crippen LogP contribution in [0, 0.1) is 18.3 Å². The van der Waals surface area contributed by atoms with Crippen molar-refractivity contribution in [3.8, 4) is 6.07 Å². The molecule has 1 aromatic heterocycles. The molecule has 0 aliphatic rings. The van der Waals surface area contributed by atoms with Crippen LogP contribution in [0.2, 0.25) is 0 Å². The zero-order valence-electron chi connectivity index (χ0n) is 10.4. The second-order valence-electron chi connectivity index (χ2n) is 4.02. The molecule has 1 N–H and O–H groups in total. The zero-order valence-corrected chi connectivity index (χ0v) is 10.4. The van der Waals surface area contributed by atoms with E-state index in [2.05, 4.69) is 16.4 Å². The van der Waals surface area contributed by atoms with Crippen LogP contribution >= 0.6 is 0 Å². The van der Waals surface area contributed by atoms with E-state index >= 15 is 0 Å². The normalized spacial score (nSPS) is 10.7. The second-order valence-corrected chi connectivity index (χ2v) is 4.02. The summed E-state index contributed by atoms with van der Waals surface area (Å²) in [5.74, 6) is -0.293. The molecule has 0 bridgehead atoms. The first-order valence-corrected chi connectivity index (χ1v) is 5.74. The van der Waals surface area contributed by atoms with Gasteiger partial charge in [-0.05, 0) is 31.9 Å². The predicted octanol–water partition coefficient (Wildman–Crippen LogP) is 2.20. The maximum Gasteiger partial charge on any atom is 0.271 e. The van der Waals surface area contributed by atoms with Crippen LogP contribution in [0.25, 0.3) is 0 Å². The molecule has 0 aliphatic carbocycles. The molecule has 0 aromatic carbocycles. The Morgan fingerprint density at radius 1 is 1.47 bits per heavy atom. The highest BCUT2D eigenvalue weighted by Gasteiger charge is 2.28. The van der Waals surface area contributed by atoms with Crippen molar-refractivity contribution in [2.24, 2.45) is 0 Å². The molecule has 1 heterocycles. The van der Waals surface area contributed by atoms with Crippen molar-refractivity contribution < 1.29 is 4.79 Å². The topological polar surface area (TPSA) is 65.8 Å². The summed E-state index contributed by atoms with van der Waals surface area (Å²) in [6.07, 6.45) is 1.16. The highest BCUT2D eigenvalue weighted by molar-refractivity contribution is 5.93. The molecule has 0 radical (unpaired) electrons. The minimum absolute atomic E-state index is 0.293. The molecule has 0 spiro atoms. The van der Waals surface area contributed by atoms with Crippen LogP contribution in [0.15, 0.2) is 18.2 Å². The Balaban J connectivity index is 2.89. The van der Waals surface area contributed by atoms with E-state index < -0.39 is 5.54 Å². The fourth-order valence-electron chi connectivity index (χ4n) is 1.56. The molecule has 4 nitrogen and oxygen atoms in total. The van der Waals surface area contributed by atoms with Crippen molar-refractivity contribution in [2.75, 3.05) is 0 Å². The number of aryl methyl sites for hydroxylation is 1. The number of carbonyl (C=O) groups is 1. The van der Waals surface area contributed by atoms with Gasteiger partial charge in [0.15, 0.2) is 0 Å². The van der Waals surface area contributed by atoms with Gasteiger partial charge in [-0.25, -0.2) is 4.98 Å². The van der Waals surface area contributed by atoms with E-state index in [0.717, 1.165) is 5.69 Å². The van der Waals surface area contributed by atoms with Gasteiger partial charge in [0.25, 0.3) is 5.91 Å². The molecule has 90 valence electrons. The van der Waals surface area contributed by atoms with Crippen LogP contribution in [0.1, 0.15) is 42.9 Å². The molecule has 0 unspecified atom stereocenters. The molecule has 0 saturated carbocycles. The van der Waals surface area contributed by atoms with Gasteiger partial charge in [0.05, 0.1) is 6.07 Å². The number of hydrogen-bond acceptors (Lipinski definition) is 3. The molecule has 0 fully saturated rings. The number of nitrogens with zero attached hydrogens (tertiary/aromatic N) is 2. The van der Waals surface area contributed by atoms with Gasteiger partial charge in [0, 0.05) is 5.69 Å². The van der Waals surface area contributed by atoms with Crippen molar-refractivity contribution in [2.45, 2.75) is 39.2 Å². The summed E-state index contributed by atoms with van der Waals surface area (Å²) in [5, 5.41) is 11.9. The summed E-state index contributed by atoms with van der Waals surface area (Å²) >= 11 is 0. The first-order chi connectivity index (χ1) is 8.06. The zero-order chi connectivity index (χ0) is 12.9. The number of pyridine rings is 1. The van der Waals surface area contributed by atoms with E-state index in [4.69, 9.17) is 5.26 Å². The maximum atomic E-state index is 12.0. The van der Waals surface area contributed by atoms with Crippen LogP contribution in [-0.4, -0.2) is 16.4 Å². The van der Waals surface area contributed by atoms with Gasteiger partial charge in [-0.2, -0.15) is 5.26 Å². The molecule has 0 aliphatic heterocycles. The van der Waals surface area contributed by atoms with Gasteiger partial charge in [0.2, 0.25) is 0 Å². The number of rotatable bonds is 4. The lowest BCUT2D eigenvalue weighted by Crippen LogP contribution is -2.46. The van der Waals surface area contributed by atoms with Crippen molar-refractivity contribution >= 4 is 5.91 Å². The highest BCUT2D eigenvalue weighted by Crippen LogP contribution is 2.14. The lowest BCUT2D eigenvalue weighted by molar-refractivity contribution is 0.0910. The molecular formula is C13H17N3O. The fourth-order valence-corrected chi connectivity index (χ4v) is 1.56. The first kappa shape index (κ1) is 13.2. The summed E-state index contributed by atoms with van der Waals surface area (Å²) in [6, 6.07) is 7.43. The highest BCUT2D eigenvalue weighted by atomic mass is 16.2. The second kappa shape index (κ2) is 5.44. The summed E-state index contributed by atoms with van der Waals surface area (Å²) in [4.78, 5) is 16.1. The van der Waals surface area contributed by atoms with Gasteiger partial charge in [-0.1, -0.05) is 19.9 Å². The third kappa shape index (κ3) is 3.04. The molecule has 1 aromatic rings. The van der Waals surface area contributed by atoms with E-state index in [-0.39, 0.29) is 5.91 Å². The molecular weight excluding hydrogens is 214 g/mol. The van der Waals surface area contributed by atoms with E-state index in [1.165, 1.54) is 0 Å². The van der Waals surface area contributed by atoms with Crippen LogP contribution < -0.4 is 5.32 Å². The Kier molecular flexibility index (Phi) is 4.22. The SMILES string of the molecule is CCC(C#N)(CC)NC(=O)c1cccc(C)n1. The van der Waals surface area contributed by atoms with Gasteiger partial charge in [0.1, 0.15) is 11.2 Å². The standard InChI is InChI=1S/C13H17N3O/c1-4-13(5-2,9-14)16-12(17)11-8-6-7-10(3)15-11/h6-8H,4-5H2,1-3H3,(H,16,17). The largest absolute Gasteiger partial charge is 0.332 e. The van der Waals surface area contributed by atoms with Gasteiger partial charge >= 0.3 is 0 Å². The minimum Gasteiger partial charge on any atom is -0.332 e. The summed E-state index contributed by atoms with van der Waals surface area (Å²) < 4.78 is 0. The predicted molar refractivity (Wildman–Crippen MR) is 65.4 cm³/mol. The van der Waals surface area contributed by atoms with E-state index in [1.54, 1.807) is 12.1 Å².